The van der Waals surface area contributed by atoms with Gasteiger partial charge in [0.15, 0.2) is 5.82 Å². The van der Waals surface area contributed by atoms with Gasteiger partial charge in [-0.3, -0.25) is 4.79 Å². The van der Waals surface area contributed by atoms with Gasteiger partial charge < -0.3 is 9.63 Å². The number of hydrogen-bond acceptors (Lipinski definition) is 6. The zero-order valence-corrected chi connectivity index (χ0v) is 12.5. The summed E-state index contributed by atoms with van der Waals surface area (Å²) in [6.45, 7) is 2.13. The van der Waals surface area contributed by atoms with E-state index >= 15 is 0 Å². The van der Waals surface area contributed by atoms with Crippen LogP contribution >= 0.6 is 0 Å². The van der Waals surface area contributed by atoms with Crippen molar-refractivity contribution in [3.05, 3.63) is 11.7 Å². The van der Waals surface area contributed by atoms with Gasteiger partial charge in [0.05, 0.1) is 5.92 Å². The van der Waals surface area contributed by atoms with E-state index in [0.29, 0.717) is 37.5 Å². The monoisotopic (exact) mass is 318 g/mol. The Morgan fingerprint density at radius 1 is 1.57 bits per heavy atom. The number of carbonyl (C=O) groups is 1. The molecular weight excluding hydrogens is 300 g/mol. The van der Waals surface area contributed by atoms with Crippen LogP contribution in [0, 0.1) is 12.8 Å². The summed E-state index contributed by atoms with van der Waals surface area (Å²) in [5.74, 6) is -0.752. The second-order valence-corrected chi connectivity index (χ2v) is 6.67. The van der Waals surface area contributed by atoms with E-state index in [1.807, 2.05) is 0 Å². The normalized spacial score (nSPS) is 20.5. The minimum atomic E-state index is -3.68. The van der Waals surface area contributed by atoms with Crippen LogP contribution in [0.25, 0.3) is 0 Å². The van der Waals surface area contributed by atoms with E-state index in [1.54, 1.807) is 6.92 Å². The van der Waals surface area contributed by atoms with Crippen molar-refractivity contribution in [1.82, 2.24) is 19.2 Å². The van der Waals surface area contributed by atoms with Gasteiger partial charge in [-0.2, -0.15) is 17.7 Å². The van der Waals surface area contributed by atoms with Crippen molar-refractivity contribution in [2.45, 2.75) is 26.2 Å². The zero-order valence-electron chi connectivity index (χ0n) is 11.7. The highest BCUT2D eigenvalue weighted by molar-refractivity contribution is 7.87. The van der Waals surface area contributed by atoms with Crippen LogP contribution in [-0.4, -0.2) is 53.6 Å². The molecule has 1 aromatic heterocycles. The molecule has 1 atom stereocenters. The van der Waals surface area contributed by atoms with E-state index in [0.717, 1.165) is 0 Å². The number of aryl methyl sites for hydroxylation is 1. The largest absolute Gasteiger partial charge is 0.481 e. The summed E-state index contributed by atoms with van der Waals surface area (Å²) in [5.41, 5.74) is 0. The molecule has 2 N–H and O–H groups in total. The van der Waals surface area contributed by atoms with Gasteiger partial charge in [-0.15, -0.1) is 0 Å². The maximum Gasteiger partial charge on any atom is 0.307 e. The number of carboxylic acids is 1. The fraction of sp³-hybridized carbons (Fsp3) is 0.727. The maximum absolute atomic E-state index is 12.1. The van der Waals surface area contributed by atoms with Gasteiger partial charge in [0, 0.05) is 33.0 Å². The molecule has 2 rings (SSSR count). The number of nitrogens with zero attached hydrogens (tertiary/aromatic N) is 3. The molecule has 1 saturated heterocycles. The molecule has 0 aliphatic carbocycles. The summed E-state index contributed by atoms with van der Waals surface area (Å²) in [7, 11) is -3.68. The number of rotatable bonds is 6. The van der Waals surface area contributed by atoms with Crippen molar-refractivity contribution >= 4 is 16.2 Å². The number of carboxylic acid groups (broad SMARTS) is 1. The zero-order chi connectivity index (χ0) is 15.5. The van der Waals surface area contributed by atoms with Crippen molar-refractivity contribution in [2.24, 2.45) is 5.92 Å². The van der Waals surface area contributed by atoms with Crippen molar-refractivity contribution in [2.75, 3.05) is 19.6 Å². The molecule has 2 heterocycles. The first-order valence-corrected chi connectivity index (χ1v) is 8.09. The first kappa shape index (κ1) is 15.9. The molecular formula is C11H18N4O5S. The number of hydrogen-bond donors (Lipinski definition) is 2. The lowest BCUT2D eigenvalue weighted by atomic mass is 10.0. The summed E-state index contributed by atoms with van der Waals surface area (Å²) in [6, 6.07) is 0. The molecule has 118 valence electrons. The third-order valence-electron chi connectivity index (χ3n) is 3.28. The van der Waals surface area contributed by atoms with E-state index in [4.69, 9.17) is 9.63 Å². The molecule has 9 nitrogen and oxygen atoms in total. The summed E-state index contributed by atoms with van der Waals surface area (Å²) in [4.78, 5) is 14.9. The number of aromatic nitrogens is 2. The van der Waals surface area contributed by atoms with Crippen LogP contribution in [0.5, 0.6) is 0 Å². The molecule has 1 aromatic rings. The van der Waals surface area contributed by atoms with E-state index < -0.39 is 22.1 Å². The molecule has 21 heavy (non-hydrogen) atoms. The highest BCUT2D eigenvalue weighted by Crippen LogP contribution is 2.18. The number of nitrogens with one attached hydrogen (secondary N) is 1. The lowest BCUT2D eigenvalue weighted by molar-refractivity contribution is -0.142. The summed E-state index contributed by atoms with van der Waals surface area (Å²) >= 11 is 0. The van der Waals surface area contributed by atoms with Crippen molar-refractivity contribution in [3.8, 4) is 0 Å². The Morgan fingerprint density at radius 3 is 2.95 bits per heavy atom. The average molecular weight is 318 g/mol. The number of aliphatic carboxylic acids is 1. The summed E-state index contributed by atoms with van der Waals surface area (Å²) in [5, 5.41) is 12.7. The lowest BCUT2D eigenvalue weighted by Gasteiger charge is -2.29. The highest BCUT2D eigenvalue weighted by Gasteiger charge is 2.31. The van der Waals surface area contributed by atoms with Crippen LogP contribution in [0.2, 0.25) is 0 Å². The van der Waals surface area contributed by atoms with Crippen molar-refractivity contribution < 1.29 is 22.8 Å². The van der Waals surface area contributed by atoms with Crippen molar-refractivity contribution in [1.29, 1.82) is 0 Å². The first-order chi connectivity index (χ1) is 9.88. The molecule has 0 aromatic carbocycles. The van der Waals surface area contributed by atoms with Crippen LogP contribution in [-0.2, 0) is 21.4 Å². The fourth-order valence-electron chi connectivity index (χ4n) is 2.19. The predicted molar refractivity (Wildman–Crippen MR) is 71.6 cm³/mol. The molecule has 0 spiro atoms. The molecule has 0 bridgehead atoms. The van der Waals surface area contributed by atoms with Gasteiger partial charge in [0.2, 0.25) is 5.89 Å². The van der Waals surface area contributed by atoms with Gasteiger partial charge in [0.1, 0.15) is 0 Å². The third-order valence-corrected chi connectivity index (χ3v) is 4.86. The van der Waals surface area contributed by atoms with E-state index in [2.05, 4.69) is 14.9 Å². The van der Waals surface area contributed by atoms with Crippen LogP contribution in [0.4, 0.5) is 0 Å². The van der Waals surface area contributed by atoms with E-state index in [-0.39, 0.29) is 13.1 Å². The van der Waals surface area contributed by atoms with Crippen LogP contribution in [0.3, 0.4) is 0 Å². The fourth-order valence-corrected chi connectivity index (χ4v) is 3.48. The molecule has 1 aliphatic rings. The maximum atomic E-state index is 12.1. The van der Waals surface area contributed by atoms with Crippen LogP contribution < -0.4 is 4.72 Å². The molecule has 0 amide bonds. The van der Waals surface area contributed by atoms with E-state index in [9.17, 15) is 13.2 Å². The minimum absolute atomic E-state index is 0.00594. The van der Waals surface area contributed by atoms with Gasteiger partial charge >= 0.3 is 5.97 Å². The standard InChI is InChI=1S/C11H18N4O5S/c1-8-13-10(14-20-8)4-5-12-21(18,19)15-6-2-3-9(7-15)11(16)17/h9,12H,2-7H2,1H3,(H,16,17). The topological polar surface area (TPSA) is 126 Å². The smallest absolute Gasteiger partial charge is 0.307 e. The Kier molecular flexibility index (Phi) is 4.91. The van der Waals surface area contributed by atoms with Gasteiger partial charge in [0.25, 0.3) is 10.2 Å². The molecule has 1 fully saturated rings. The van der Waals surface area contributed by atoms with Gasteiger partial charge in [-0.25, -0.2) is 4.72 Å². The molecule has 1 unspecified atom stereocenters. The highest BCUT2D eigenvalue weighted by atomic mass is 32.2. The Hall–Kier alpha value is -1.52. The first-order valence-electron chi connectivity index (χ1n) is 6.65. The Bertz CT molecular complexity index is 600. The van der Waals surface area contributed by atoms with Crippen molar-refractivity contribution in [3.63, 3.8) is 0 Å². The Morgan fingerprint density at radius 2 is 2.33 bits per heavy atom. The summed E-state index contributed by atoms with van der Waals surface area (Å²) < 4.78 is 32.6. The number of piperidine rings is 1. The molecule has 0 radical (unpaired) electrons. The Labute approximate surface area is 122 Å². The lowest BCUT2D eigenvalue weighted by Crippen LogP contribution is -2.47. The average Bonchev–Trinajstić information content (AvgIpc) is 2.84. The second-order valence-electron chi connectivity index (χ2n) is 4.91. The predicted octanol–water partition coefficient (Wildman–Crippen LogP) is -0.448. The molecule has 1 aliphatic heterocycles. The van der Waals surface area contributed by atoms with Gasteiger partial charge in [-0.1, -0.05) is 5.16 Å². The molecule has 0 saturated carbocycles. The quantitative estimate of drug-likeness (QED) is 0.727. The minimum Gasteiger partial charge on any atom is -0.481 e. The third kappa shape index (κ3) is 4.22. The molecule has 10 heteroatoms. The van der Waals surface area contributed by atoms with E-state index in [1.165, 1.54) is 4.31 Å². The second kappa shape index (κ2) is 6.50. The van der Waals surface area contributed by atoms with Crippen LogP contribution in [0.15, 0.2) is 4.52 Å². The van der Waals surface area contributed by atoms with Crippen LogP contribution in [0.1, 0.15) is 24.6 Å². The Balaban J connectivity index is 1.87. The van der Waals surface area contributed by atoms with Gasteiger partial charge in [-0.05, 0) is 12.8 Å². The summed E-state index contributed by atoms with van der Waals surface area (Å²) in [6.07, 6.45) is 1.36. The SMILES string of the molecule is Cc1nc(CCNS(=O)(=O)N2CCCC(C(=O)O)C2)no1.